The van der Waals surface area contributed by atoms with Crippen molar-refractivity contribution in [1.29, 1.82) is 0 Å². The minimum Gasteiger partial charge on any atom is -0.455 e. The normalized spacial score (nSPS) is 19.9. The summed E-state index contributed by atoms with van der Waals surface area (Å²) in [5, 5.41) is 5.69. The lowest BCUT2D eigenvalue weighted by Gasteiger charge is -2.35. The Balaban J connectivity index is 1.46. The van der Waals surface area contributed by atoms with Gasteiger partial charge in [0.1, 0.15) is 5.76 Å². The second-order valence-electron chi connectivity index (χ2n) is 9.64. The molecule has 7 nitrogen and oxygen atoms in total. The van der Waals surface area contributed by atoms with Crippen LogP contribution in [0, 0.1) is 12.3 Å². The van der Waals surface area contributed by atoms with E-state index >= 15 is 0 Å². The van der Waals surface area contributed by atoms with Gasteiger partial charge in [0.25, 0.3) is 5.91 Å². The number of amides is 3. The van der Waals surface area contributed by atoms with Crippen LogP contribution in [0.15, 0.2) is 34.7 Å². The average Bonchev–Trinajstić information content (AvgIpc) is 3.07. The Hall–Kier alpha value is -3.09. The minimum atomic E-state index is -0.299. The number of hydrogen-bond donors (Lipinski definition) is 2. The van der Waals surface area contributed by atoms with Crippen molar-refractivity contribution in [2.45, 2.75) is 58.9 Å². The zero-order valence-corrected chi connectivity index (χ0v) is 19.0. The second-order valence-corrected chi connectivity index (χ2v) is 9.64. The summed E-state index contributed by atoms with van der Waals surface area (Å²) in [6.45, 7) is 6.85. The number of furan rings is 1. The highest BCUT2D eigenvalue weighted by Crippen LogP contribution is 2.39. The minimum absolute atomic E-state index is 0.0472. The number of fused-ring (bicyclic) bond motifs is 1. The lowest BCUT2D eigenvalue weighted by Crippen LogP contribution is -2.50. The first-order chi connectivity index (χ1) is 15.2. The molecule has 2 N–H and O–H groups in total. The van der Waals surface area contributed by atoms with Crippen LogP contribution in [0.1, 0.15) is 71.8 Å². The molecule has 0 saturated carbocycles. The predicted molar refractivity (Wildman–Crippen MR) is 122 cm³/mol. The summed E-state index contributed by atoms with van der Waals surface area (Å²) in [7, 11) is 0. The highest BCUT2D eigenvalue weighted by atomic mass is 16.4. The number of piperidine rings is 1. The van der Waals surface area contributed by atoms with Gasteiger partial charge in [0, 0.05) is 43.2 Å². The van der Waals surface area contributed by atoms with Crippen LogP contribution in [0.25, 0.3) is 0 Å². The van der Waals surface area contributed by atoms with Gasteiger partial charge < -0.3 is 20.0 Å². The third-order valence-electron chi connectivity index (χ3n) is 6.39. The van der Waals surface area contributed by atoms with E-state index in [-0.39, 0.29) is 34.9 Å². The van der Waals surface area contributed by atoms with E-state index in [2.05, 4.69) is 10.6 Å². The van der Waals surface area contributed by atoms with Gasteiger partial charge in [-0.15, -0.1) is 0 Å². The number of nitrogens with one attached hydrogen (secondary N) is 2. The number of ketones is 1. The second kappa shape index (κ2) is 8.81. The molecule has 0 bridgehead atoms. The number of likely N-dealkylation sites (tertiary alicyclic amines) is 1. The number of Topliss-reactive ketones (excluding diaryl/α,β-unsaturated/α-hetero) is 1. The van der Waals surface area contributed by atoms with Crippen molar-refractivity contribution >= 4 is 23.4 Å². The summed E-state index contributed by atoms with van der Waals surface area (Å²) in [6.07, 6.45) is 3.82. The van der Waals surface area contributed by atoms with Gasteiger partial charge in [-0.05, 0) is 43.7 Å². The summed E-state index contributed by atoms with van der Waals surface area (Å²) in [5.74, 6) is 0.742. The summed E-state index contributed by atoms with van der Waals surface area (Å²) in [6, 6.07) is 8.82. The van der Waals surface area contributed by atoms with Crippen molar-refractivity contribution in [3.05, 3.63) is 53.0 Å². The van der Waals surface area contributed by atoms with Gasteiger partial charge in [0.15, 0.2) is 11.5 Å². The molecular formula is C25H31N3O4. The fraction of sp³-hybridized carbons (Fsp3) is 0.480. The van der Waals surface area contributed by atoms with E-state index in [1.54, 1.807) is 11.8 Å². The predicted octanol–water partition coefficient (Wildman–Crippen LogP) is 4.56. The molecule has 1 fully saturated rings. The molecule has 3 amide bonds. The number of carbonyl (C=O) groups excluding carboxylic acids is 3. The maximum Gasteiger partial charge on any atom is 0.319 e. The molecule has 0 radical (unpaired) electrons. The molecule has 1 unspecified atom stereocenters. The van der Waals surface area contributed by atoms with Gasteiger partial charge in [-0.1, -0.05) is 32.0 Å². The van der Waals surface area contributed by atoms with Crippen LogP contribution < -0.4 is 10.6 Å². The van der Waals surface area contributed by atoms with Crippen LogP contribution in [0.2, 0.25) is 0 Å². The Kier molecular flexibility index (Phi) is 6.09. The Morgan fingerprint density at radius 1 is 1.16 bits per heavy atom. The third-order valence-corrected chi connectivity index (χ3v) is 6.39. The SMILES string of the molecule is Cc1c(C(=O)N2CCCCC2CNC(=O)Nc2ccccc2)oc2c1C(=O)CC(C)(C)C2. The van der Waals surface area contributed by atoms with Crippen molar-refractivity contribution in [3.8, 4) is 0 Å². The van der Waals surface area contributed by atoms with Gasteiger partial charge >= 0.3 is 6.03 Å². The van der Waals surface area contributed by atoms with Crippen molar-refractivity contribution in [2.75, 3.05) is 18.4 Å². The lowest BCUT2D eigenvalue weighted by atomic mass is 9.76. The van der Waals surface area contributed by atoms with E-state index in [0.29, 0.717) is 48.5 Å². The maximum absolute atomic E-state index is 13.4. The molecule has 32 heavy (non-hydrogen) atoms. The van der Waals surface area contributed by atoms with Crippen molar-refractivity contribution in [2.24, 2.45) is 5.41 Å². The number of anilines is 1. The van der Waals surface area contributed by atoms with Gasteiger partial charge in [0.2, 0.25) is 0 Å². The van der Waals surface area contributed by atoms with E-state index in [1.165, 1.54) is 0 Å². The lowest BCUT2D eigenvalue weighted by molar-refractivity contribution is 0.0578. The summed E-state index contributed by atoms with van der Waals surface area (Å²) in [4.78, 5) is 40.2. The first-order valence-corrected chi connectivity index (χ1v) is 11.3. The molecule has 1 aliphatic carbocycles. The quantitative estimate of drug-likeness (QED) is 0.734. The first kappa shape index (κ1) is 22.1. The summed E-state index contributed by atoms with van der Waals surface area (Å²) < 4.78 is 6.00. The molecule has 1 saturated heterocycles. The largest absolute Gasteiger partial charge is 0.455 e. The fourth-order valence-corrected chi connectivity index (χ4v) is 4.80. The molecular weight excluding hydrogens is 406 g/mol. The number of benzene rings is 1. The van der Waals surface area contributed by atoms with Gasteiger partial charge in [-0.3, -0.25) is 9.59 Å². The smallest absolute Gasteiger partial charge is 0.319 e. The Labute approximate surface area is 188 Å². The van der Waals surface area contributed by atoms with Gasteiger partial charge in [0.05, 0.1) is 5.56 Å². The summed E-state index contributed by atoms with van der Waals surface area (Å²) >= 11 is 0. The average molecular weight is 438 g/mol. The summed E-state index contributed by atoms with van der Waals surface area (Å²) in [5.41, 5.74) is 1.77. The zero-order valence-electron chi connectivity index (χ0n) is 19.0. The molecule has 4 rings (SSSR count). The van der Waals surface area contributed by atoms with Crippen molar-refractivity contribution in [1.82, 2.24) is 10.2 Å². The van der Waals surface area contributed by atoms with E-state index in [9.17, 15) is 14.4 Å². The monoisotopic (exact) mass is 437 g/mol. The third kappa shape index (κ3) is 4.56. The topological polar surface area (TPSA) is 91.7 Å². The fourth-order valence-electron chi connectivity index (χ4n) is 4.80. The Morgan fingerprint density at radius 3 is 2.66 bits per heavy atom. The van der Waals surface area contributed by atoms with E-state index in [1.807, 2.05) is 44.2 Å². The van der Waals surface area contributed by atoms with Crippen LogP contribution in [0.4, 0.5) is 10.5 Å². The molecule has 2 aromatic rings. The Bertz CT molecular complexity index is 1030. The van der Waals surface area contributed by atoms with Crippen LogP contribution in [-0.2, 0) is 6.42 Å². The Morgan fingerprint density at radius 2 is 1.91 bits per heavy atom. The molecule has 0 spiro atoms. The number of rotatable bonds is 4. The molecule has 7 heteroatoms. The molecule has 1 aromatic heterocycles. The van der Waals surface area contributed by atoms with Gasteiger partial charge in [-0.2, -0.15) is 0 Å². The number of hydrogen-bond acceptors (Lipinski definition) is 4. The highest BCUT2D eigenvalue weighted by Gasteiger charge is 2.39. The molecule has 1 aliphatic heterocycles. The number of nitrogens with zero attached hydrogens (tertiary/aromatic N) is 1. The molecule has 2 aliphatic rings. The molecule has 1 aromatic carbocycles. The van der Waals surface area contributed by atoms with E-state index < -0.39 is 0 Å². The standard InChI is InChI=1S/C25H31N3O4/c1-16-21-19(29)13-25(2,3)14-20(21)32-22(16)23(30)28-12-8-7-11-18(28)15-26-24(31)27-17-9-5-4-6-10-17/h4-6,9-10,18H,7-8,11-15H2,1-3H3,(H2,26,27,31). The van der Waals surface area contributed by atoms with Crippen LogP contribution in [-0.4, -0.2) is 41.8 Å². The number of urea groups is 1. The van der Waals surface area contributed by atoms with Crippen LogP contribution >= 0.6 is 0 Å². The van der Waals surface area contributed by atoms with E-state index in [4.69, 9.17) is 4.42 Å². The van der Waals surface area contributed by atoms with Crippen molar-refractivity contribution < 1.29 is 18.8 Å². The number of carbonyl (C=O) groups is 3. The number of para-hydroxylation sites is 1. The molecule has 170 valence electrons. The molecule has 1 atom stereocenters. The molecule has 2 heterocycles. The van der Waals surface area contributed by atoms with Gasteiger partial charge in [-0.25, -0.2) is 4.79 Å². The first-order valence-electron chi connectivity index (χ1n) is 11.3. The van der Waals surface area contributed by atoms with Crippen molar-refractivity contribution in [3.63, 3.8) is 0 Å². The van der Waals surface area contributed by atoms with E-state index in [0.717, 1.165) is 19.3 Å². The highest BCUT2D eigenvalue weighted by molar-refractivity contribution is 6.04. The zero-order chi connectivity index (χ0) is 22.9. The van der Waals surface area contributed by atoms with Crippen LogP contribution in [0.5, 0.6) is 0 Å². The maximum atomic E-state index is 13.4. The van der Waals surface area contributed by atoms with Crippen LogP contribution in [0.3, 0.4) is 0 Å².